The average Bonchev–Trinajstić information content (AvgIpc) is 2.70. The van der Waals surface area contributed by atoms with Gasteiger partial charge < -0.3 is 0 Å². The zero-order valence-corrected chi connectivity index (χ0v) is 13.2. The van der Waals surface area contributed by atoms with Crippen LogP contribution in [0.5, 0.6) is 0 Å². The maximum Gasteiger partial charge on any atom is 0.252 e. The minimum Gasteiger partial charge on any atom is -0.300 e. The van der Waals surface area contributed by atoms with Gasteiger partial charge in [0.15, 0.2) is 0 Å². The Balaban J connectivity index is 2.21. The van der Waals surface area contributed by atoms with Crippen LogP contribution in [-0.4, -0.2) is 31.6 Å². The molecule has 1 aliphatic rings. The Morgan fingerprint density at radius 2 is 1.95 bits per heavy atom. The van der Waals surface area contributed by atoms with E-state index in [1.807, 2.05) is 0 Å². The summed E-state index contributed by atoms with van der Waals surface area (Å²) < 4.78 is 27.1. The fraction of sp³-hybridized carbons (Fsp3) is 0.583. The number of sulfonamides is 1. The number of nitrogens with zero attached hydrogens (tertiary/aromatic N) is 1. The number of aryl methyl sites for hydroxylation is 1. The van der Waals surface area contributed by atoms with Crippen molar-refractivity contribution in [2.75, 3.05) is 7.05 Å². The highest BCUT2D eigenvalue weighted by Gasteiger charge is 2.32. The quantitative estimate of drug-likeness (QED) is 0.860. The topological polar surface area (TPSA) is 54.5 Å². The molecule has 0 atom stereocenters. The van der Waals surface area contributed by atoms with Gasteiger partial charge in [0.05, 0.1) is 4.34 Å². The van der Waals surface area contributed by atoms with E-state index in [0.717, 1.165) is 16.9 Å². The first kappa shape index (κ1) is 15.0. The monoisotopic (exact) mass is 321 g/mol. The fourth-order valence-corrected chi connectivity index (χ4v) is 5.50. The number of thiophene rings is 1. The van der Waals surface area contributed by atoms with Gasteiger partial charge in [-0.3, -0.25) is 4.79 Å². The van der Waals surface area contributed by atoms with Crippen LogP contribution in [0, 0.1) is 6.92 Å². The summed E-state index contributed by atoms with van der Waals surface area (Å²) in [4.78, 5) is 11.2. The largest absolute Gasteiger partial charge is 0.300 e. The van der Waals surface area contributed by atoms with Crippen LogP contribution in [0.15, 0.2) is 10.3 Å². The molecule has 0 saturated heterocycles. The standard InChI is InChI=1S/C12H16ClNO3S2/c1-8-7-11(18-12(8)13)19(16,17)14(2)9-3-5-10(15)6-4-9/h7,9H,3-6H2,1-2H3. The third-order valence-electron chi connectivity index (χ3n) is 3.49. The van der Waals surface area contributed by atoms with Crippen molar-refractivity contribution in [2.45, 2.75) is 42.9 Å². The van der Waals surface area contributed by atoms with Gasteiger partial charge in [-0.05, 0) is 31.4 Å². The highest BCUT2D eigenvalue weighted by Crippen LogP contribution is 2.33. The molecule has 0 aliphatic heterocycles. The van der Waals surface area contributed by atoms with E-state index in [2.05, 4.69) is 0 Å². The van der Waals surface area contributed by atoms with Gasteiger partial charge >= 0.3 is 0 Å². The summed E-state index contributed by atoms with van der Waals surface area (Å²) in [6.45, 7) is 1.79. The van der Waals surface area contributed by atoms with Gasteiger partial charge in [0.1, 0.15) is 9.99 Å². The zero-order chi connectivity index (χ0) is 14.2. The maximum atomic E-state index is 12.5. The lowest BCUT2D eigenvalue weighted by atomic mass is 9.95. The molecule has 2 rings (SSSR count). The number of carbonyl (C=O) groups is 1. The van der Waals surface area contributed by atoms with E-state index in [4.69, 9.17) is 11.6 Å². The van der Waals surface area contributed by atoms with Crippen molar-refractivity contribution in [1.82, 2.24) is 4.31 Å². The molecular weight excluding hydrogens is 306 g/mol. The van der Waals surface area contributed by atoms with Crippen molar-refractivity contribution in [1.29, 1.82) is 0 Å². The number of halogens is 1. The molecule has 1 aromatic rings. The Hall–Kier alpha value is -0.430. The lowest BCUT2D eigenvalue weighted by Gasteiger charge is -2.29. The first-order valence-electron chi connectivity index (χ1n) is 6.08. The van der Waals surface area contributed by atoms with E-state index in [-0.39, 0.29) is 16.0 Å². The van der Waals surface area contributed by atoms with Crippen LogP contribution in [0.3, 0.4) is 0 Å². The summed E-state index contributed by atoms with van der Waals surface area (Å²) in [5.41, 5.74) is 0.775. The van der Waals surface area contributed by atoms with Crippen molar-refractivity contribution >= 4 is 38.7 Å². The van der Waals surface area contributed by atoms with Crippen molar-refractivity contribution < 1.29 is 13.2 Å². The second kappa shape index (κ2) is 5.52. The molecule has 1 saturated carbocycles. The number of hydrogen-bond acceptors (Lipinski definition) is 4. The molecule has 0 spiro atoms. The number of hydrogen-bond donors (Lipinski definition) is 0. The van der Waals surface area contributed by atoms with Crippen LogP contribution in [0.25, 0.3) is 0 Å². The summed E-state index contributed by atoms with van der Waals surface area (Å²) in [6, 6.07) is 1.51. The predicted molar refractivity (Wildman–Crippen MR) is 76.3 cm³/mol. The molecule has 7 heteroatoms. The normalized spacial score (nSPS) is 18.2. The molecule has 0 bridgehead atoms. The zero-order valence-electron chi connectivity index (χ0n) is 10.8. The third kappa shape index (κ3) is 3.02. The van der Waals surface area contributed by atoms with Gasteiger partial charge in [0.25, 0.3) is 10.0 Å². The molecule has 1 aromatic heterocycles. The molecule has 0 N–H and O–H groups in total. The maximum absolute atomic E-state index is 12.5. The fourth-order valence-electron chi connectivity index (χ4n) is 2.19. The predicted octanol–water partition coefficient (Wildman–Crippen LogP) is 2.84. The van der Waals surface area contributed by atoms with Gasteiger partial charge in [0, 0.05) is 25.9 Å². The second-order valence-electron chi connectivity index (χ2n) is 4.81. The van der Waals surface area contributed by atoms with Gasteiger partial charge in [-0.25, -0.2) is 8.42 Å². The van der Waals surface area contributed by atoms with E-state index in [1.165, 1.54) is 4.31 Å². The summed E-state index contributed by atoms with van der Waals surface area (Å²) >= 11 is 7.02. The molecule has 0 unspecified atom stereocenters. The highest BCUT2D eigenvalue weighted by molar-refractivity contribution is 7.91. The van der Waals surface area contributed by atoms with Gasteiger partial charge in [-0.15, -0.1) is 11.3 Å². The van der Waals surface area contributed by atoms with E-state index in [0.29, 0.717) is 30.0 Å². The lowest BCUT2D eigenvalue weighted by molar-refractivity contribution is -0.120. The first-order valence-corrected chi connectivity index (χ1v) is 8.71. The molecule has 0 radical (unpaired) electrons. The Labute approximate surface area is 122 Å². The Morgan fingerprint density at radius 3 is 2.42 bits per heavy atom. The van der Waals surface area contributed by atoms with Crippen LogP contribution in [0.1, 0.15) is 31.2 Å². The molecule has 1 heterocycles. The van der Waals surface area contributed by atoms with Crippen LogP contribution in [0.4, 0.5) is 0 Å². The Bertz CT molecular complexity index is 565. The summed E-state index contributed by atoms with van der Waals surface area (Å²) in [5.74, 6) is 0.220. The summed E-state index contributed by atoms with van der Waals surface area (Å²) in [5, 5.41) is 0. The van der Waals surface area contributed by atoms with Crippen LogP contribution < -0.4 is 0 Å². The average molecular weight is 322 g/mol. The van der Waals surface area contributed by atoms with Crippen molar-refractivity contribution in [3.63, 3.8) is 0 Å². The first-order chi connectivity index (χ1) is 8.82. The minimum absolute atomic E-state index is 0.0936. The summed E-state index contributed by atoms with van der Waals surface area (Å²) in [7, 11) is -1.92. The van der Waals surface area contributed by atoms with E-state index < -0.39 is 10.0 Å². The molecule has 0 amide bonds. The van der Waals surface area contributed by atoms with E-state index in [9.17, 15) is 13.2 Å². The van der Waals surface area contributed by atoms with E-state index >= 15 is 0 Å². The highest BCUT2D eigenvalue weighted by atomic mass is 35.5. The molecular formula is C12H16ClNO3S2. The number of ketones is 1. The van der Waals surface area contributed by atoms with Crippen molar-refractivity contribution in [3.8, 4) is 0 Å². The number of Topliss-reactive ketones (excluding diaryl/α,β-unsaturated/α-hetero) is 1. The lowest BCUT2D eigenvalue weighted by Crippen LogP contribution is -2.39. The van der Waals surface area contributed by atoms with Crippen LogP contribution in [0.2, 0.25) is 4.34 Å². The number of carbonyl (C=O) groups excluding carboxylic acids is 1. The summed E-state index contributed by atoms with van der Waals surface area (Å²) in [6.07, 6.45) is 2.14. The SMILES string of the molecule is Cc1cc(S(=O)(=O)N(C)C2CCC(=O)CC2)sc1Cl. The molecule has 4 nitrogen and oxygen atoms in total. The molecule has 106 valence electrons. The van der Waals surface area contributed by atoms with E-state index in [1.54, 1.807) is 20.0 Å². The third-order valence-corrected chi connectivity index (χ3v) is 7.41. The van der Waals surface area contributed by atoms with Crippen molar-refractivity contribution in [3.05, 3.63) is 16.0 Å². The number of rotatable bonds is 3. The van der Waals surface area contributed by atoms with Gasteiger partial charge in [-0.2, -0.15) is 4.31 Å². The molecule has 0 aromatic carbocycles. The molecule has 19 heavy (non-hydrogen) atoms. The van der Waals surface area contributed by atoms with Gasteiger partial charge in [-0.1, -0.05) is 11.6 Å². The van der Waals surface area contributed by atoms with Crippen molar-refractivity contribution in [2.24, 2.45) is 0 Å². The second-order valence-corrected chi connectivity index (χ2v) is 8.69. The van der Waals surface area contributed by atoms with Crippen LogP contribution >= 0.6 is 22.9 Å². The minimum atomic E-state index is -3.50. The Kier molecular flexibility index (Phi) is 4.35. The van der Waals surface area contributed by atoms with Gasteiger partial charge in [0.2, 0.25) is 0 Å². The molecule has 1 fully saturated rings. The van der Waals surface area contributed by atoms with Crippen LogP contribution in [-0.2, 0) is 14.8 Å². The molecule has 1 aliphatic carbocycles. The Morgan fingerprint density at radius 1 is 1.37 bits per heavy atom. The smallest absolute Gasteiger partial charge is 0.252 e.